The van der Waals surface area contributed by atoms with Gasteiger partial charge in [0.1, 0.15) is 0 Å². The van der Waals surface area contributed by atoms with E-state index in [0.29, 0.717) is 11.8 Å². The molecule has 1 N–H and O–H groups in total. The van der Waals surface area contributed by atoms with Gasteiger partial charge in [-0.05, 0) is 36.3 Å². The monoisotopic (exact) mass is 279 g/mol. The van der Waals surface area contributed by atoms with Crippen LogP contribution in [-0.2, 0) is 9.47 Å². The highest BCUT2D eigenvalue weighted by Crippen LogP contribution is 2.28. The Bertz CT molecular complexity index is 368. The smallest absolute Gasteiger partial charge is 0.0587 e. The van der Waals surface area contributed by atoms with Crippen LogP contribution < -0.4 is 5.32 Å². The molecule has 0 saturated carbocycles. The second kappa shape index (κ2) is 9.92. The van der Waals surface area contributed by atoms with Crippen molar-refractivity contribution in [2.75, 3.05) is 40.5 Å². The van der Waals surface area contributed by atoms with Crippen molar-refractivity contribution in [3.8, 4) is 0 Å². The number of ether oxygens (including phenoxy) is 2. The standard InChI is InChI=1S/C17H29NO2/c1-14-7-5-6-8-16(14)17(13-18-10-12-20-4)15(2)9-11-19-3/h5-8,15,17-18H,9-13H2,1-4H3. The molecular formula is C17H29NO2. The van der Waals surface area contributed by atoms with Gasteiger partial charge in [-0.3, -0.25) is 0 Å². The van der Waals surface area contributed by atoms with Crippen molar-refractivity contribution in [1.82, 2.24) is 5.32 Å². The molecule has 1 aromatic rings. The molecule has 20 heavy (non-hydrogen) atoms. The van der Waals surface area contributed by atoms with Crippen molar-refractivity contribution >= 4 is 0 Å². The summed E-state index contributed by atoms with van der Waals surface area (Å²) in [7, 11) is 3.51. The minimum absolute atomic E-state index is 0.517. The Balaban J connectivity index is 2.70. The predicted molar refractivity (Wildman–Crippen MR) is 84.3 cm³/mol. The topological polar surface area (TPSA) is 30.5 Å². The Morgan fingerprint density at radius 3 is 2.45 bits per heavy atom. The number of methoxy groups -OCH3 is 2. The quantitative estimate of drug-likeness (QED) is 0.668. The molecule has 0 saturated heterocycles. The van der Waals surface area contributed by atoms with Gasteiger partial charge < -0.3 is 14.8 Å². The maximum absolute atomic E-state index is 5.23. The van der Waals surface area contributed by atoms with Gasteiger partial charge in [0.2, 0.25) is 0 Å². The van der Waals surface area contributed by atoms with Crippen molar-refractivity contribution < 1.29 is 9.47 Å². The van der Waals surface area contributed by atoms with Gasteiger partial charge >= 0.3 is 0 Å². The predicted octanol–water partition coefficient (Wildman–Crippen LogP) is 2.99. The zero-order valence-electron chi connectivity index (χ0n) is 13.3. The summed E-state index contributed by atoms with van der Waals surface area (Å²) in [4.78, 5) is 0. The van der Waals surface area contributed by atoms with E-state index in [1.54, 1.807) is 14.2 Å². The van der Waals surface area contributed by atoms with Gasteiger partial charge in [-0.25, -0.2) is 0 Å². The van der Waals surface area contributed by atoms with E-state index in [1.165, 1.54) is 11.1 Å². The zero-order chi connectivity index (χ0) is 14.8. The fourth-order valence-electron chi connectivity index (χ4n) is 2.56. The normalized spacial score (nSPS) is 14.2. The first kappa shape index (κ1) is 17.2. The van der Waals surface area contributed by atoms with E-state index < -0.39 is 0 Å². The van der Waals surface area contributed by atoms with Crippen LogP contribution in [0.3, 0.4) is 0 Å². The van der Waals surface area contributed by atoms with Gasteiger partial charge in [0.05, 0.1) is 6.61 Å². The van der Waals surface area contributed by atoms with Crippen LogP contribution in [0.25, 0.3) is 0 Å². The van der Waals surface area contributed by atoms with Crippen molar-refractivity contribution in [2.45, 2.75) is 26.2 Å². The first-order chi connectivity index (χ1) is 9.70. The molecular weight excluding hydrogens is 250 g/mol. The Kier molecular flexibility index (Phi) is 8.51. The summed E-state index contributed by atoms with van der Waals surface area (Å²) in [5, 5.41) is 3.50. The van der Waals surface area contributed by atoms with Gasteiger partial charge in [-0.2, -0.15) is 0 Å². The molecule has 3 heteroatoms. The Morgan fingerprint density at radius 1 is 1.10 bits per heavy atom. The summed E-state index contributed by atoms with van der Waals surface area (Å²) >= 11 is 0. The molecule has 3 nitrogen and oxygen atoms in total. The molecule has 0 aromatic heterocycles. The van der Waals surface area contributed by atoms with Crippen LogP contribution in [0.2, 0.25) is 0 Å². The molecule has 114 valence electrons. The van der Waals surface area contributed by atoms with Gasteiger partial charge in [0.15, 0.2) is 0 Å². The van der Waals surface area contributed by atoms with Crippen molar-refractivity contribution in [3.05, 3.63) is 35.4 Å². The van der Waals surface area contributed by atoms with E-state index in [2.05, 4.69) is 43.4 Å². The molecule has 0 bridgehead atoms. The molecule has 0 aliphatic rings. The largest absolute Gasteiger partial charge is 0.385 e. The molecule has 0 aliphatic carbocycles. The minimum Gasteiger partial charge on any atom is -0.385 e. The van der Waals surface area contributed by atoms with E-state index >= 15 is 0 Å². The van der Waals surface area contributed by atoms with E-state index in [0.717, 1.165) is 32.7 Å². The fourth-order valence-corrected chi connectivity index (χ4v) is 2.56. The third kappa shape index (κ3) is 5.61. The molecule has 0 spiro atoms. The minimum atomic E-state index is 0.517. The molecule has 1 aromatic carbocycles. The third-order valence-electron chi connectivity index (χ3n) is 3.90. The van der Waals surface area contributed by atoms with Gasteiger partial charge in [-0.15, -0.1) is 0 Å². The van der Waals surface area contributed by atoms with Gasteiger partial charge in [0, 0.05) is 33.9 Å². The van der Waals surface area contributed by atoms with Crippen LogP contribution >= 0.6 is 0 Å². The molecule has 0 fully saturated rings. The number of benzene rings is 1. The molecule has 0 heterocycles. The van der Waals surface area contributed by atoms with E-state index in [4.69, 9.17) is 9.47 Å². The highest BCUT2D eigenvalue weighted by atomic mass is 16.5. The SMILES string of the molecule is COCCNCC(c1ccccc1C)C(C)CCOC. The lowest BCUT2D eigenvalue weighted by atomic mass is 9.83. The number of hydrogen-bond donors (Lipinski definition) is 1. The summed E-state index contributed by atoms with van der Waals surface area (Å²) < 4.78 is 10.3. The first-order valence-corrected chi connectivity index (χ1v) is 7.44. The van der Waals surface area contributed by atoms with E-state index in [9.17, 15) is 0 Å². The number of aryl methyl sites for hydroxylation is 1. The molecule has 0 amide bonds. The average Bonchev–Trinajstić information content (AvgIpc) is 2.46. The van der Waals surface area contributed by atoms with Gasteiger partial charge in [-0.1, -0.05) is 31.2 Å². The molecule has 0 radical (unpaired) electrons. The maximum atomic E-state index is 5.23. The number of hydrogen-bond acceptors (Lipinski definition) is 3. The van der Waals surface area contributed by atoms with E-state index in [1.807, 2.05) is 0 Å². The van der Waals surface area contributed by atoms with Crippen LogP contribution in [0.5, 0.6) is 0 Å². The molecule has 2 unspecified atom stereocenters. The zero-order valence-corrected chi connectivity index (χ0v) is 13.3. The highest BCUT2D eigenvalue weighted by Gasteiger charge is 2.20. The Hall–Kier alpha value is -0.900. The molecule has 0 aliphatic heterocycles. The van der Waals surface area contributed by atoms with E-state index in [-0.39, 0.29) is 0 Å². The number of rotatable bonds is 10. The molecule has 1 rings (SSSR count). The lowest BCUT2D eigenvalue weighted by Crippen LogP contribution is -2.29. The first-order valence-electron chi connectivity index (χ1n) is 7.44. The Labute approximate surface area is 123 Å². The fraction of sp³-hybridized carbons (Fsp3) is 0.647. The van der Waals surface area contributed by atoms with Gasteiger partial charge in [0.25, 0.3) is 0 Å². The second-order valence-corrected chi connectivity index (χ2v) is 5.42. The lowest BCUT2D eigenvalue weighted by Gasteiger charge is -2.26. The third-order valence-corrected chi connectivity index (χ3v) is 3.90. The second-order valence-electron chi connectivity index (χ2n) is 5.42. The van der Waals surface area contributed by atoms with Crippen LogP contribution in [0.4, 0.5) is 0 Å². The summed E-state index contributed by atoms with van der Waals surface area (Å²) in [6.07, 6.45) is 1.08. The van der Waals surface area contributed by atoms with Crippen molar-refractivity contribution in [2.24, 2.45) is 5.92 Å². The van der Waals surface area contributed by atoms with Crippen LogP contribution in [0, 0.1) is 12.8 Å². The Morgan fingerprint density at radius 2 is 1.80 bits per heavy atom. The van der Waals surface area contributed by atoms with Crippen molar-refractivity contribution in [3.63, 3.8) is 0 Å². The summed E-state index contributed by atoms with van der Waals surface area (Å²) in [5.41, 5.74) is 2.82. The van der Waals surface area contributed by atoms with Crippen LogP contribution in [0.1, 0.15) is 30.4 Å². The summed E-state index contributed by atoms with van der Waals surface area (Å²) in [6.45, 7) is 7.97. The van der Waals surface area contributed by atoms with Crippen LogP contribution in [-0.4, -0.2) is 40.5 Å². The number of nitrogens with one attached hydrogen (secondary N) is 1. The van der Waals surface area contributed by atoms with Crippen LogP contribution in [0.15, 0.2) is 24.3 Å². The highest BCUT2D eigenvalue weighted by molar-refractivity contribution is 5.30. The average molecular weight is 279 g/mol. The van der Waals surface area contributed by atoms with Crippen molar-refractivity contribution in [1.29, 1.82) is 0 Å². The lowest BCUT2D eigenvalue weighted by molar-refractivity contribution is 0.172. The summed E-state index contributed by atoms with van der Waals surface area (Å²) in [6, 6.07) is 8.68. The maximum Gasteiger partial charge on any atom is 0.0587 e. The summed E-state index contributed by atoms with van der Waals surface area (Å²) in [5.74, 6) is 1.11. The molecule has 2 atom stereocenters.